The summed E-state index contributed by atoms with van der Waals surface area (Å²) in [6.45, 7) is 2.24. The van der Waals surface area contributed by atoms with Gasteiger partial charge in [-0.1, -0.05) is 41.4 Å². The van der Waals surface area contributed by atoms with Gasteiger partial charge in [0, 0.05) is 6.07 Å². The van der Waals surface area contributed by atoms with Crippen LogP contribution in [-0.4, -0.2) is 18.2 Å². The number of methoxy groups -OCH3 is 1. The van der Waals surface area contributed by atoms with Crippen LogP contribution in [0.2, 0.25) is 5.02 Å². The molecular weight excluding hydrogens is 475 g/mol. The second-order valence-corrected chi connectivity index (χ2v) is 7.58. The zero-order chi connectivity index (χ0) is 24.9. The van der Waals surface area contributed by atoms with Crippen molar-refractivity contribution in [3.8, 4) is 11.5 Å². The van der Waals surface area contributed by atoms with Gasteiger partial charge in [-0.05, 0) is 42.3 Å². The Hall–Kier alpha value is -3.79. The van der Waals surface area contributed by atoms with E-state index in [1.807, 2.05) is 31.2 Å². The monoisotopic (exact) mass is 493 g/mol. The molecule has 0 amide bonds. The fourth-order valence-corrected chi connectivity index (χ4v) is 3.32. The number of nitro benzene ring substituents is 1. The Balaban J connectivity index is 1.78. The van der Waals surface area contributed by atoms with Gasteiger partial charge in [0.2, 0.25) is 0 Å². The maximum atomic E-state index is 12.8. The van der Waals surface area contributed by atoms with E-state index in [1.54, 1.807) is 12.1 Å². The summed E-state index contributed by atoms with van der Waals surface area (Å²) >= 11 is 6.35. The van der Waals surface area contributed by atoms with Crippen LogP contribution in [0, 0.1) is 17.0 Å². The van der Waals surface area contributed by atoms with Crippen molar-refractivity contribution in [2.24, 2.45) is 5.10 Å². The molecule has 0 heterocycles. The van der Waals surface area contributed by atoms with Crippen LogP contribution >= 0.6 is 11.6 Å². The lowest BCUT2D eigenvalue weighted by Crippen LogP contribution is -2.06. The summed E-state index contributed by atoms with van der Waals surface area (Å²) in [7, 11) is 1.44. The van der Waals surface area contributed by atoms with Crippen LogP contribution in [0.15, 0.2) is 59.7 Å². The van der Waals surface area contributed by atoms with Crippen LogP contribution in [0.25, 0.3) is 0 Å². The second kappa shape index (κ2) is 10.4. The summed E-state index contributed by atoms with van der Waals surface area (Å²) < 4.78 is 49.7. The van der Waals surface area contributed by atoms with Gasteiger partial charge in [0.1, 0.15) is 12.3 Å². The highest BCUT2D eigenvalue weighted by Crippen LogP contribution is 2.37. The van der Waals surface area contributed by atoms with E-state index >= 15 is 0 Å². The van der Waals surface area contributed by atoms with Crippen LogP contribution < -0.4 is 14.9 Å². The van der Waals surface area contributed by atoms with Crippen molar-refractivity contribution in [3.63, 3.8) is 0 Å². The fourth-order valence-electron chi connectivity index (χ4n) is 3.04. The minimum atomic E-state index is -4.71. The maximum absolute atomic E-state index is 12.8. The first-order chi connectivity index (χ1) is 16.1. The lowest BCUT2D eigenvalue weighted by atomic mass is 10.1. The zero-order valence-electron chi connectivity index (χ0n) is 18.0. The number of aryl methyl sites for hydroxylation is 1. The predicted octanol–water partition coefficient (Wildman–Crippen LogP) is 6.61. The largest absolute Gasteiger partial charge is 0.493 e. The third-order valence-corrected chi connectivity index (χ3v) is 4.92. The highest BCUT2D eigenvalue weighted by molar-refractivity contribution is 6.32. The van der Waals surface area contributed by atoms with E-state index in [2.05, 4.69) is 10.5 Å². The Labute approximate surface area is 197 Å². The van der Waals surface area contributed by atoms with Gasteiger partial charge >= 0.3 is 6.18 Å². The van der Waals surface area contributed by atoms with Gasteiger partial charge in [0.15, 0.2) is 11.5 Å². The Morgan fingerprint density at radius 3 is 2.59 bits per heavy atom. The SMILES string of the molecule is COc1cc(/C=N\Nc2ccc(C(F)(F)F)cc2[N+](=O)[O-])cc(Cl)c1OCc1cccc(C)c1. The molecule has 0 saturated carbocycles. The van der Waals surface area contributed by atoms with Crippen LogP contribution in [0.1, 0.15) is 22.3 Å². The molecule has 7 nitrogen and oxygen atoms in total. The molecule has 1 N–H and O–H groups in total. The van der Waals surface area contributed by atoms with E-state index < -0.39 is 22.4 Å². The summed E-state index contributed by atoms with van der Waals surface area (Å²) in [5.41, 5.74) is 2.80. The minimum Gasteiger partial charge on any atom is -0.493 e. The number of alkyl halides is 3. The normalized spacial score (nSPS) is 11.5. The number of rotatable bonds is 8. The van der Waals surface area contributed by atoms with Gasteiger partial charge in [-0.2, -0.15) is 18.3 Å². The van der Waals surface area contributed by atoms with Crippen molar-refractivity contribution in [1.82, 2.24) is 0 Å². The van der Waals surface area contributed by atoms with Crippen LogP contribution in [-0.2, 0) is 12.8 Å². The molecule has 11 heteroatoms. The van der Waals surface area contributed by atoms with E-state index in [0.29, 0.717) is 23.1 Å². The van der Waals surface area contributed by atoms with Gasteiger partial charge in [-0.3, -0.25) is 15.5 Å². The Morgan fingerprint density at radius 2 is 1.94 bits per heavy atom. The molecule has 0 aromatic heterocycles. The number of anilines is 1. The molecule has 0 atom stereocenters. The highest BCUT2D eigenvalue weighted by Gasteiger charge is 2.33. The second-order valence-electron chi connectivity index (χ2n) is 7.17. The van der Waals surface area contributed by atoms with Crippen molar-refractivity contribution in [1.29, 1.82) is 0 Å². The number of halogens is 4. The van der Waals surface area contributed by atoms with E-state index in [0.717, 1.165) is 23.3 Å². The first kappa shape index (κ1) is 24.8. The molecule has 0 fully saturated rings. The molecule has 3 aromatic carbocycles. The number of hydrogen-bond donors (Lipinski definition) is 1. The van der Waals surface area contributed by atoms with E-state index in [-0.39, 0.29) is 17.3 Å². The molecule has 34 heavy (non-hydrogen) atoms. The molecule has 0 saturated heterocycles. The molecule has 0 radical (unpaired) electrons. The summed E-state index contributed by atoms with van der Waals surface area (Å²) in [5.74, 6) is 0.663. The third kappa shape index (κ3) is 6.16. The topological polar surface area (TPSA) is 86.0 Å². The highest BCUT2D eigenvalue weighted by atomic mass is 35.5. The van der Waals surface area contributed by atoms with Crippen molar-refractivity contribution in [2.75, 3.05) is 12.5 Å². The maximum Gasteiger partial charge on any atom is 0.416 e. The first-order valence-corrected chi connectivity index (χ1v) is 10.2. The molecular formula is C23H19ClF3N3O4. The lowest BCUT2D eigenvalue weighted by molar-refractivity contribution is -0.384. The predicted molar refractivity (Wildman–Crippen MR) is 123 cm³/mol. The standard InChI is InChI=1S/C23H19ClF3N3O4/c1-14-4-3-5-15(8-14)13-34-22-18(24)9-16(10-21(22)33-2)12-28-29-19-7-6-17(23(25,26)27)11-20(19)30(31)32/h3-12,29H,13H2,1-2H3/b28-12-. The van der Waals surface area contributed by atoms with Crippen molar-refractivity contribution in [2.45, 2.75) is 19.7 Å². The van der Waals surface area contributed by atoms with Gasteiger partial charge in [0.25, 0.3) is 5.69 Å². The molecule has 0 aliphatic heterocycles. The third-order valence-electron chi connectivity index (χ3n) is 4.64. The molecule has 3 rings (SSSR count). The van der Waals surface area contributed by atoms with Gasteiger partial charge in [0.05, 0.1) is 28.8 Å². The van der Waals surface area contributed by atoms with Crippen LogP contribution in [0.5, 0.6) is 11.5 Å². The van der Waals surface area contributed by atoms with Gasteiger partial charge < -0.3 is 9.47 Å². The zero-order valence-corrected chi connectivity index (χ0v) is 18.8. The molecule has 0 aliphatic carbocycles. The number of ether oxygens (including phenoxy) is 2. The Morgan fingerprint density at radius 1 is 1.18 bits per heavy atom. The summed E-state index contributed by atoms with van der Waals surface area (Å²) in [6, 6.07) is 13.0. The summed E-state index contributed by atoms with van der Waals surface area (Å²) in [6.07, 6.45) is -3.41. The van der Waals surface area contributed by atoms with Crippen molar-refractivity contribution in [3.05, 3.63) is 92.0 Å². The van der Waals surface area contributed by atoms with Crippen LogP contribution in [0.4, 0.5) is 24.5 Å². The molecule has 178 valence electrons. The van der Waals surface area contributed by atoms with Gasteiger partial charge in [-0.25, -0.2) is 0 Å². The van der Waals surface area contributed by atoms with Crippen molar-refractivity contribution >= 4 is 29.2 Å². The molecule has 0 spiro atoms. The average molecular weight is 494 g/mol. The van der Waals surface area contributed by atoms with E-state index in [4.69, 9.17) is 21.1 Å². The first-order valence-electron chi connectivity index (χ1n) is 9.79. The van der Waals surface area contributed by atoms with E-state index in [1.165, 1.54) is 13.3 Å². The number of hydrazone groups is 1. The Kier molecular flexibility index (Phi) is 7.62. The molecule has 0 bridgehead atoms. The van der Waals surface area contributed by atoms with Crippen LogP contribution in [0.3, 0.4) is 0 Å². The summed E-state index contributed by atoms with van der Waals surface area (Å²) in [5, 5.41) is 15.3. The van der Waals surface area contributed by atoms with E-state index in [9.17, 15) is 23.3 Å². The molecule has 3 aromatic rings. The number of hydrogen-bond acceptors (Lipinski definition) is 6. The quantitative estimate of drug-likeness (QED) is 0.217. The average Bonchev–Trinajstić information content (AvgIpc) is 2.77. The minimum absolute atomic E-state index is 0.203. The summed E-state index contributed by atoms with van der Waals surface area (Å²) in [4.78, 5) is 10.3. The number of nitro groups is 1. The lowest BCUT2D eigenvalue weighted by Gasteiger charge is -2.13. The number of benzene rings is 3. The molecule has 0 unspecified atom stereocenters. The number of nitrogens with one attached hydrogen (secondary N) is 1. The fraction of sp³-hybridized carbons (Fsp3) is 0.174. The smallest absolute Gasteiger partial charge is 0.416 e. The molecule has 0 aliphatic rings. The van der Waals surface area contributed by atoms with Gasteiger partial charge in [-0.15, -0.1) is 0 Å². The Bertz CT molecular complexity index is 1230. The van der Waals surface area contributed by atoms with Crippen molar-refractivity contribution < 1.29 is 27.6 Å². The number of nitrogens with zero attached hydrogens (tertiary/aromatic N) is 2.